The molecule has 1 rings (SSSR count). The van der Waals surface area contributed by atoms with Crippen molar-refractivity contribution in [2.75, 3.05) is 0 Å². The van der Waals surface area contributed by atoms with Crippen molar-refractivity contribution < 1.29 is 9.59 Å². The van der Waals surface area contributed by atoms with Gasteiger partial charge in [-0.15, -0.1) is 0 Å². The highest BCUT2D eigenvalue weighted by atomic mass is 16.1. The molecule has 0 fully saturated rings. The Balaban J connectivity index is 3.02. The van der Waals surface area contributed by atoms with Gasteiger partial charge in [0.1, 0.15) is 0 Å². The smallest absolute Gasteiger partial charge is 0.185 e. The summed E-state index contributed by atoms with van der Waals surface area (Å²) in [6.45, 7) is 9.38. The highest BCUT2D eigenvalue weighted by molar-refractivity contribution is 6.22. The molecule has 0 aromatic rings. The van der Waals surface area contributed by atoms with Crippen molar-refractivity contribution in [3.63, 3.8) is 0 Å². The Kier molecular flexibility index (Phi) is 3.99. The number of hydrogen-bond acceptors (Lipinski definition) is 2. The zero-order chi connectivity index (χ0) is 12.3. The van der Waals surface area contributed by atoms with E-state index in [1.165, 1.54) is 6.08 Å². The van der Waals surface area contributed by atoms with E-state index in [1.54, 1.807) is 6.92 Å². The Morgan fingerprint density at radius 2 is 2.00 bits per heavy atom. The van der Waals surface area contributed by atoms with Crippen molar-refractivity contribution in [2.24, 2.45) is 0 Å². The number of carbonyl (C=O) groups excluding carboxylic acids is 2. The van der Waals surface area contributed by atoms with Crippen molar-refractivity contribution >= 4 is 11.6 Å². The van der Waals surface area contributed by atoms with Crippen LogP contribution in [-0.4, -0.2) is 11.6 Å². The van der Waals surface area contributed by atoms with Crippen molar-refractivity contribution in [3.05, 3.63) is 34.9 Å². The molecule has 16 heavy (non-hydrogen) atoms. The van der Waals surface area contributed by atoms with Crippen LogP contribution >= 0.6 is 0 Å². The van der Waals surface area contributed by atoms with Gasteiger partial charge in [0.15, 0.2) is 11.6 Å². The lowest BCUT2D eigenvalue weighted by molar-refractivity contribution is -0.116. The van der Waals surface area contributed by atoms with Crippen LogP contribution in [0.4, 0.5) is 0 Å². The van der Waals surface area contributed by atoms with Crippen LogP contribution in [0.3, 0.4) is 0 Å². The molecule has 2 nitrogen and oxygen atoms in total. The van der Waals surface area contributed by atoms with Crippen LogP contribution in [0.1, 0.15) is 40.0 Å². The topological polar surface area (TPSA) is 34.1 Å². The Morgan fingerprint density at radius 1 is 1.38 bits per heavy atom. The van der Waals surface area contributed by atoms with E-state index in [0.717, 1.165) is 12.0 Å². The molecule has 0 unspecified atom stereocenters. The van der Waals surface area contributed by atoms with Crippen LogP contribution in [0.15, 0.2) is 34.9 Å². The molecule has 0 aliphatic heterocycles. The summed E-state index contributed by atoms with van der Waals surface area (Å²) in [4.78, 5) is 23.8. The van der Waals surface area contributed by atoms with Gasteiger partial charge in [-0.1, -0.05) is 25.5 Å². The third kappa shape index (κ3) is 2.57. The first-order valence-electron chi connectivity index (χ1n) is 5.61. The third-order valence-corrected chi connectivity index (χ3v) is 2.69. The Labute approximate surface area is 96.7 Å². The van der Waals surface area contributed by atoms with Gasteiger partial charge in [-0.2, -0.15) is 0 Å². The SMILES string of the molecule is C=C(C)CC1=C(C)C(=O)C(CCC)=CC1=O. The van der Waals surface area contributed by atoms with Gasteiger partial charge in [0.25, 0.3) is 0 Å². The predicted molar refractivity (Wildman–Crippen MR) is 65.1 cm³/mol. The minimum absolute atomic E-state index is 0.0245. The second kappa shape index (κ2) is 5.06. The van der Waals surface area contributed by atoms with E-state index in [-0.39, 0.29) is 11.6 Å². The van der Waals surface area contributed by atoms with E-state index in [2.05, 4.69) is 6.58 Å². The summed E-state index contributed by atoms with van der Waals surface area (Å²) in [5.74, 6) is 0.00116. The molecule has 0 spiro atoms. The minimum Gasteiger partial charge on any atom is -0.290 e. The Bertz CT molecular complexity index is 408. The summed E-state index contributed by atoms with van der Waals surface area (Å²) in [5, 5.41) is 0. The zero-order valence-electron chi connectivity index (χ0n) is 10.2. The van der Waals surface area contributed by atoms with Gasteiger partial charge in [-0.3, -0.25) is 9.59 Å². The summed E-state index contributed by atoms with van der Waals surface area (Å²) in [6, 6.07) is 0. The molecule has 1 aliphatic rings. The molecule has 0 bridgehead atoms. The fourth-order valence-electron chi connectivity index (χ4n) is 1.85. The number of hydrogen-bond donors (Lipinski definition) is 0. The van der Waals surface area contributed by atoms with E-state index >= 15 is 0 Å². The van der Waals surface area contributed by atoms with Crippen LogP contribution in [0.2, 0.25) is 0 Å². The molecular weight excluding hydrogens is 200 g/mol. The molecule has 1 aliphatic carbocycles. The van der Waals surface area contributed by atoms with Crippen LogP contribution in [0.5, 0.6) is 0 Å². The molecule has 0 amide bonds. The molecule has 0 saturated heterocycles. The lowest BCUT2D eigenvalue weighted by atomic mass is 9.86. The van der Waals surface area contributed by atoms with E-state index in [4.69, 9.17) is 0 Å². The molecule has 0 N–H and O–H groups in total. The van der Waals surface area contributed by atoms with Crippen LogP contribution in [0, 0.1) is 0 Å². The van der Waals surface area contributed by atoms with Gasteiger partial charge in [-0.25, -0.2) is 0 Å². The number of Topliss-reactive ketones (excluding diaryl/α,β-unsaturated/α-hetero) is 1. The first-order chi connectivity index (χ1) is 7.47. The molecule has 0 radical (unpaired) electrons. The molecule has 0 aromatic carbocycles. The summed E-state index contributed by atoms with van der Waals surface area (Å²) < 4.78 is 0. The number of ketones is 2. The third-order valence-electron chi connectivity index (χ3n) is 2.69. The second-order valence-electron chi connectivity index (χ2n) is 4.35. The summed E-state index contributed by atoms with van der Waals surface area (Å²) in [5.41, 5.74) is 2.76. The van der Waals surface area contributed by atoms with Crippen molar-refractivity contribution in [3.8, 4) is 0 Å². The highest BCUT2D eigenvalue weighted by Crippen LogP contribution is 2.25. The molecule has 0 atom stereocenters. The monoisotopic (exact) mass is 218 g/mol. The van der Waals surface area contributed by atoms with Crippen molar-refractivity contribution in [1.29, 1.82) is 0 Å². The maximum Gasteiger partial charge on any atom is 0.185 e. The van der Waals surface area contributed by atoms with E-state index in [1.807, 2.05) is 13.8 Å². The van der Waals surface area contributed by atoms with Crippen molar-refractivity contribution in [2.45, 2.75) is 40.0 Å². The Morgan fingerprint density at radius 3 is 2.50 bits per heavy atom. The molecule has 0 saturated carbocycles. The Hall–Kier alpha value is -1.44. The lowest BCUT2D eigenvalue weighted by Crippen LogP contribution is -2.18. The minimum atomic E-state index is -0.0245. The summed E-state index contributed by atoms with van der Waals surface area (Å²) >= 11 is 0. The fourth-order valence-corrected chi connectivity index (χ4v) is 1.85. The van der Waals surface area contributed by atoms with Gasteiger partial charge in [-0.05, 0) is 32.8 Å². The van der Waals surface area contributed by atoms with Crippen molar-refractivity contribution in [1.82, 2.24) is 0 Å². The normalized spacial score (nSPS) is 16.6. The van der Waals surface area contributed by atoms with Crippen LogP contribution in [-0.2, 0) is 9.59 Å². The average molecular weight is 218 g/mol. The zero-order valence-corrected chi connectivity index (χ0v) is 10.2. The predicted octanol–water partition coefficient (Wildman–Crippen LogP) is 3.15. The summed E-state index contributed by atoms with van der Waals surface area (Å²) in [6.07, 6.45) is 3.57. The highest BCUT2D eigenvalue weighted by Gasteiger charge is 2.24. The first kappa shape index (κ1) is 12.6. The molecule has 86 valence electrons. The standard InChI is InChI=1S/C14H18O2/c1-5-6-11-8-13(15)12(7-9(2)3)10(4)14(11)16/h8H,2,5-7H2,1,3-4H3. The first-order valence-corrected chi connectivity index (χ1v) is 5.61. The maximum absolute atomic E-state index is 11.9. The molecule has 2 heteroatoms. The fraction of sp³-hybridized carbons (Fsp3) is 0.429. The van der Waals surface area contributed by atoms with Crippen LogP contribution < -0.4 is 0 Å². The van der Waals surface area contributed by atoms with Gasteiger partial charge in [0, 0.05) is 16.7 Å². The van der Waals surface area contributed by atoms with E-state index < -0.39 is 0 Å². The largest absolute Gasteiger partial charge is 0.290 e. The molecular formula is C14H18O2. The molecule has 0 heterocycles. The van der Waals surface area contributed by atoms with Crippen LogP contribution in [0.25, 0.3) is 0 Å². The molecule has 0 aromatic heterocycles. The quantitative estimate of drug-likeness (QED) is 0.536. The van der Waals surface area contributed by atoms with E-state index in [9.17, 15) is 9.59 Å². The van der Waals surface area contributed by atoms with Gasteiger partial charge >= 0.3 is 0 Å². The van der Waals surface area contributed by atoms with Gasteiger partial charge in [0.2, 0.25) is 0 Å². The lowest BCUT2D eigenvalue weighted by Gasteiger charge is -2.16. The number of carbonyl (C=O) groups is 2. The number of rotatable bonds is 4. The second-order valence-corrected chi connectivity index (χ2v) is 4.35. The average Bonchev–Trinajstić information content (AvgIpc) is 2.21. The van der Waals surface area contributed by atoms with Gasteiger partial charge in [0.05, 0.1) is 0 Å². The number of allylic oxidation sites excluding steroid dienone is 5. The maximum atomic E-state index is 11.9. The summed E-state index contributed by atoms with van der Waals surface area (Å²) in [7, 11) is 0. The van der Waals surface area contributed by atoms with E-state index in [0.29, 0.717) is 29.6 Å². The van der Waals surface area contributed by atoms with Gasteiger partial charge < -0.3 is 0 Å².